The van der Waals surface area contributed by atoms with Gasteiger partial charge in [0.05, 0.1) is 35.1 Å². The van der Waals surface area contributed by atoms with Gasteiger partial charge in [0.15, 0.2) is 0 Å². The largest absolute Gasteiger partial charge is 0.347 e. The molecule has 3 N–H and O–H groups in total. The summed E-state index contributed by atoms with van der Waals surface area (Å²) in [6.07, 6.45) is 2.19. The van der Waals surface area contributed by atoms with E-state index in [0.29, 0.717) is 13.0 Å². The molecule has 0 fully saturated rings. The molecule has 20 heavy (non-hydrogen) atoms. The third-order valence-corrected chi connectivity index (χ3v) is 3.37. The molecule has 2 aromatic heterocycles. The summed E-state index contributed by atoms with van der Waals surface area (Å²) in [5.41, 5.74) is 3.45. The summed E-state index contributed by atoms with van der Waals surface area (Å²) in [5, 5.41) is 13.6. The lowest BCUT2D eigenvalue weighted by atomic mass is 10.1. The van der Waals surface area contributed by atoms with Crippen molar-refractivity contribution in [3.63, 3.8) is 0 Å². The van der Waals surface area contributed by atoms with Gasteiger partial charge in [-0.15, -0.1) is 5.10 Å². The molecule has 1 aliphatic rings. The van der Waals surface area contributed by atoms with Crippen LogP contribution in [-0.2, 0) is 17.8 Å². The third kappa shape index (κ3) is 2.37. The van der Waals surface area contributed by atoms with E-state index in [-0.39, 0.29) is 17.9 Å². The summed E-state index contributed by atoms with van der Waals surface area (Å²) in [4.78, 5) is 23.6. The number of hydrogen-bond donors (Lipinski definition) is 3. The first-order valence-corrected chi connectivity index (χ1v) is 6.37. The lowest BCUT2D eigenvalue weighted by molar-refractivity contribution is -0.118. The minimum Gasteiger partial charge on any atom is -0.347 e. The number of aryl methyl sites for hydroxylation is 2. The van der Waals surface area contributed by atoms with Gasteiger partial charge in [-0.1, -0.05) is 0 Å². The molecule has 0 saturated carbocycles. The van der Waals surface area contributed by atoms with Gasteiger partial charge < -0.3 is 4.98 Å². The predicted molar refractivity (Wildman–Crippen MR) is 70.9 cm³/mol. The van der Waals surface area contributed by atoms with Crippen LogP contribution in [0.25, 0.3) is 0 Å². The van der Waals surface area contributed by atoms with E-state index in [1.54, 1.807) is 6.33 Å². The number of rotatable bonds is 2. The van der Waals surface area contributed by atoms with Crippen molar-refractivity contribution in [2.45, 2.75) is 32.9 Å². The fraction of sp³-hybridized carbons (Fsp3) is 0.417. The maximum atomic E-state index is 12.2. The molecule has 1 aliphatic heterocycles. The van der Waals surface area contributed by atoms with Crippen LogP contribution in [0.1, 0.15) is 22.8 Å². The summed E-state index contributed by atoms with van der Waals surface area (Å²) >= 11 is 0. The summed E-state index contributed by atoms with van der Waals surface area (Å²) in [7, 11) is 0. The zero-order valence-electron chi connectivity index (χ0n) is 11.3. The fourth-order valence-corrected chi connectivity index (χ4v) is 2.06. The number of hydrogen-bond acceptors (Lipinski definition) is 6. The van der Waals surface area contributed by atoms with Crippen molar-refractivity contribution in [2.75, 3.05) is 5.32 Å². The zero-order valence-corrected chi connectivity index (χ0v) is 11.3. The number of imidazole rings is 1. The number of carbonyl (C=O) groups excluding carboxylic acids is 1. The molecule has 0 spiro atoms. The zero-order chi connectivity index (χ0) is 14.1. The smallest absolute Gasteiger partial charge is 0.249 e. The molecular weight excluding hydrogens is 258 g/mol. The van der Waals surface area contributed by atoms with Crippen molar-refractivity contribution in [1.82, 2.24) is 30.5 Å². The molecule has 1 atom stereocenters. The van der Waals surface area contributed by atoms with E-state index in [9.17, 15) is 4.79 Å². The second-order valence-electron chi connectivity index (χ2n) is 4.76. The molecular formula is C12H15N7O. The first-order chi connectivity index (χ1) is 9.63. The highest BCUT2D eigenvalue weighted by atomic mass is 16.2. The topological polar surface area (TPSA) is 108 Å². The Kier molecular flexibility index (Phi) is 3.15. The quantitative estimate of drug-likeness (QED) is 0.703. The Hall–Kier alpha value is -2.35. The SMILES string of the molecule is Cc1nnc(NC(=O)C2Cc3nc[nH]c3CN2)nc1C. The summed E-state index contributed by atoms with van der Waals surface area (Å²) in [6, 6.07) is -0.337. The van der Waals surface area contributed by atoms with Crippen LogP contribution in [0.5, 0.6) is 0 Å². The molecule has 0 saturated heterocycles. The Labute approximate surface area is 115 Å². The van der Waals surface area contributed by atoms with Crippen LogP contribution in [-0.4, -0.2) is 37.1 Å². The number of aromatic nitrogens is 5. The molecule has 1 unspecified atom stereocenters. The second kappa shape index (κ2) is 4.97. The number of anilines is 1. The molecule has 8 nitrogen and oxygen atoms in total. The third-order valence-electron chi connectivity index (χ3n) is 3.37. The number of aromatic amines is 1. The number of amides is 1. The van der Waals surface area contributed by atoms with Crippen LogP contribution >= 0.6 is 0 Å². The molecule has 3 heterocycles. The van der Waals surface area contributed by atoms with Gasteiger partial charge in [-0.05, 0) is 13.8 Å². The van der Waals surface area contributed by atoms with Crippen LogP contribution in [0.2, 0.25) is 0 Å². The Morgan fingerprint density at radius 1 is 1.35 bits per heavy atom. The van der Waals surface area contributed by atoms with Gasteiger partial charge in [0, 0.05) is 13.0 Å². The van der Waals surface area contributed by atoms with Crippen molar-refractivity contribution in [1.29, 1.82) is 0 Å². The van der Waals surface area contributed by atoms with E-state index < -0.39 is 0 Å². The Morgan fingerprint density at radius 2 is 2.20 bits per heavy atom. The van der Waals surface area contributed by atoms with E-state index in [4.69, 9.17) is 0 Å². The minimum absolute atomic E-state index is 0.177. The van der Waals surface area contributed by atoms with E-state index in [1.165, 1.54) is 0 Å². The van der Waals surface area contributed by atoms with Crippen LogP contribution in [0.15, 0.2) is 6.33 Å². The van der Waals surface area contributed by atoms with Crippen molar-refractivity contribution in [3.05, 3.63) is 29.1 Å². The number of H-pyrrole nitrogens is 1. The van der Waals surface area contributed by atoms with E-state index in [2.05, 4.69) is 35.8 Å². The fourth-order valence-electron chi connectivity index (χ4n) is 2.06. The van der Waals surface area contributed by atoms with Crippen molar-refractivity contribution < 1.29 is 4.79 Å². The van der Waals surface area contributed by atoms with Gasteiger partial charge in [0.25, 0.3) is 0 Å². The highest BCUT2D eigenvalue weighted by molar-refractivity contribution is 5.93. The van der Waals surface area contributed by atoms with Gasteiger partial charge in [0.2, 0.25) is 11.9 Å². The Bertz CT molecular complexity index is 651. The first kappa shape index (κ1) is 12.7. The van der Waals surface area contributed by atoms with Gasteiger partial charge >= 0.3 is 0 Å². The van der Waals surface area contributed by atoms with Gasteiger partial charge in [0.1, 0.15) is 0 Å². The first-order valence-electron chi connectivity index (χ1n) is 6.37. The number of carbonyl (C=O) groups is 1. The molecule has 3 rings (SSSR count). The van der Waals surface area contributed by atoms with E-state index in [0.717, 1.165) is 22.8 Å². The van der Waals surface area contributed by atoms with Crippen molar-refractivity contribution in [3.8, 4) is 0 Å². The lowest BCUT2D eigenvalue weighted by Gasteiger charge is -2.21. The molecule has 0 bridgehead atoms. The van der Waals surface area contributed by atoms with Gasteiger partial charge in [-0.25, -0.2) is 9.97 Å². The molecule has 0 aromatic carbocycles. The monoisotopic (exact) mass is 273 g/mol. The molecule has 8 heteroatoms. The molecule has 1 amide bonds. The average Bonchev–Trinajstić information content (AvgIpc) is 2.90. The van der Waals surface area contributed by atoms with E-state index >= 15 is 0 Å². The maximum Gasteiger partial charge on any atom is 0.249 e. The van der Waals surface area contributed by atoms with Crippen LogP contribution in [0, 0.1) is 13.8 Å². The lowest BCUT2D eigenvalue weighted by Crippen LogP contribution is -2.45. The summed E-state index contributed by atoms with van der Waals surface area (Å²) < 4.78 is 0. The number of nitrogens with zero attached hydrogens (tertiary/aromatic N) is 4. The Balaban J connectivity index is 1.69. The highest BCUT2D eigenvalue weighted by Gasteiger charge is 2.26. The molecule has 2 aromatic rings. The van der Waals surface area contributed by atoms with Crippen molar-refractivity contribution in [2.24, 2.45) is 0 Å². The summed E-state index contributed by atoms with van der Waals surface area (Å²) in [6.45, 7) is 4.25. The summed E-state index contributed by atoms with van der Waals surface area (Å²) in [5.74, 6) is 0.0522. The number of fused-ring (bicyclic) bond motifs is 1. The van der Waals surface area contributed by atoms with E-state index in [1.807, 2.05) is 13.8 Å². The molecule has 104 valence electrons. The van der Waals surface area contributed by atoms with Gasteiger partial charge in [-0.3, -0.25) is 15.4 Å². The van der Waals surface area contributed by atoms with Crippen LogP contribution < -0.4 is 10.6 Å². The number of nitrogens with one attached hydrogen (secondary N) is 3. The van der Waals surface area contributed by atoms with Crippen molar-refractivity contribution >= 4 is 11.9 Å². The molecule has 0 aliphatic carbocycles. The predicted octanol–water partition coefficient (Wildman–Crippen LogP) is -0.135. The normalized spacial score (nSPS) is 17.6. The minimum atomic E-state index is -0.337. The van der Waals surface area contributed by atoms with Crippen LogP contribution in [0.4, 0.5) is 5.95 Å². The van der Waals surface area contributed by atoms with Crippen LogP contribution in [0.3, 0.4) is 0 Å². The second-order valence-corrected chi connectivity index (χ2v) is 4.76. The molecule has 0 radical (unpaired) electrons. The standard InChI is InChI=1S/C12H15N7O/c1-6-7(2)18-19-12(16-6)17-11(20)9-3-8-10(4-13-9)15-5-14-8/h5,9,13H,3-4H2,1-2H3,(H,14,15)(H,16,17,19,20). The maximum absolute atomic E-state index is 12.2. The van der Waals surface area contributed by atoms with Gasteiger partial charge in [-0.2, -0.15) is 5.10 Å². The Morgan fingerprint density at radius 3 is 3.00 bits per heavy atom. The average molecular weight is 273 g/mol. The highest BCUT2D eigenvalue weighted by Crippen LogP contribution is 2.13.